The van der Waals surface area contributed by atoms with Gasteiger partial charge in [0, 0.05) is 23.2 Å². The van der Waals surface area contributed by atoms with Crippen molar-refractivity contribution in [2.75, 3.05) is 19.1 Å². The van der Waals surface area contributed by atoms with Crippen LogP contribution < -0.4 is 14.4 Å². The largest absolute Gasteiger partial charge is 0.493 e. The van der Waals surface area contributed by atoms with E-state index in [9.17, 15) is 9.59 Å². The number of esters is 1. The number of hydrogen-bond acceptors (Lipinski definition) is 5. The molecule has 4 rings (SSSR count). The molecule has 7 nitrogen and oxygen atoms in total. The van der Waals surface area contributed by atoms with Crippen molar-refractivity contribution in [1.82, 2.24) is 4.98 Å². The molecule has 0 bridgehead atoms. The third-order valence-corrected chi connectivity index (χ3v) is 5.74. The summed E-state index contributed by atoms with van der Waals surface area (Å²) in [6, 6.07) is 13.1. The fourth-order valence-corrected chi connectivity index (χ4v) is 4.06. The van der Waals surface area contributed by atoms with Crippen LogP contribution in [0.3, 0.4) is 0 Å². The molecule has 0 aliphatic carbocycles. The number of carbonyl (C=O) groups is 2. The van der Waals surface area contributed by atoms with E-state index >= 15 is 0 Å². The molecule has 0 fully saturated rings. The summed E-state index contributed by atoms with van der Waals surface area (Å²) in [6.45, 7) is 3.62. The van der Waals surface area contributed by atoms with Gasteiger partial charge in [0.25, 0.3) is 5.91 Å². The van der Waals surface area contributed by atoms with E-state index in [2.05, 4.69) is 4.98 Å². The number of aromatic nitrogens is 1. The van der Waals surface area contributed by atoms with Crippen LogP contribution in [0.1, 0.15) is 36.3 Å². The third-order valence-electron chi connectivity index (χ3n) is 5.74. The minimum Gasteiger partial charge on any atom is -0.493 e. The van der Waals surface area contributed by atoms with Crippen LogP contribution >= 0.6 is 0 Å². The molecule has 31 heavy (non-hydrogen) atoms. The van der Waals surface area contributed by atoms with Crippen molar-refractivity contribution in [3.8, 4) is 11.5 Å². The molecule has 2 aromatic carbocycles. The Balaban J connectivity index is 1.54. The number of aromatic amines is 1. The highest BCUT2D eigenvalue weighted by Crippen LogP contribution is 2.33. The third kappa shape index (κ3) is 3.83. The van der Waals surface area contributed by atoms with Crippen LogP contribution in [-0.4, -0.2) is 43.2 Å². The zero-order chi connectivity index (χ0) is 22.1. The second-order valence-electron chi connectivity index (χ2n) is 7.75. The molecule has 0 spiro atoms. The van der Waals surface area contributed by atoms with Gasteiger partial charge in [0.2, 0.25) is 0 Å². The summed E-state index contributed by atoms with van der Waals surface area (Å²) in [6.07, 6.45) is 0.878. The number of amides is 1. The van der Waals surface area contributed by atoms with Gasteiger partial charge in [0.15, 0.2) is 17.6 Å². The maximum absolute atomic E-state index is 13.2. The first kappa shape index (κ1) is 20.8. The topological polar surface area (TPSA) is 80.9 Å². The number of para-hydroxylation sites is 1. The SMILES string of the molecule is COc1cc2cc(C(=O)OC(C)C(=O)N3c4ccccc4CCC3C)[nH]c2cc1OC. The zero-order valence-corrected chi connectivity index (χ0v) is 18.1. The minimum atomic E-state index is -0.920. The van der Waals surface area contributed by atoms with Gasteiger partial charge >= 0.3 is 5.97 Å². The van der Waals surface area contributed by atoms with E-state index in [-0.39, 0.29) is 17.6 Å². The van der Waals surface area contributed by atoms with E-state index < -0.39 is 12.1 Å². The maximum Gasteiger partial charge on any atom is 0.355 e. The fourth-order valence-electron chi connectivity index (χ4n) is 4.06. The molecule has 3 aromatic rings. The standard InChI is InChI=1S/C24H26N2O5/c1-14-9-10-16-7-5-6-8-20(16)26(14)23(27)15(2)31-24(28)19-11-17-12-21(29-3)22(30-4)13-18(17)25-19/h5-8,11-15,25H,9-10H2,1-4H3. The Labute approximate surface area is 180 Å². The molecule has 2 heterocycles. The number of nitrogens with one attached hydrogen (secondary N) is 1. The van der Waals surface area contributed by atoms with Crippen molar-refractivity contribution in [3.05, 3.63) is 53.7 Å². The lowest BCUT2D eigenvalue weighted by Gasteiger charge is -2.36. The second kappa shape index (κ2) is 8.34. The predicted molar refractivity (Wildman–Crippen MR) is 118 cm³/mol. The normalized spacial score (nSPS) is 16.5. The first-order valence-electron chi connectivity index (χ1n) is 10.3. The van der Waals surface area contributed by atoms with Gasteiger partial charge in [-0.1, -0.05) is 18.2 Å². The second-order valence-corrected chi connectivity index (χ2v) is 7.75. The van der Waals surface area contributed by atoms with E-state index in [0.717, 1.165) is 29.5 Å². The number of rotatable bonds is 5. The number of methoxy groups -OCH3 is 2. The average Bonchev–Trinajstić information content (AvgIpc) is 3.20. The number of fused-ring (bicyclic) bond motifs is 2. The highest BCUT2D eigenvalue weighted by atomic mass is 16.5. The lowest BCUT2D eigenvalue weighted by molar-refractivity contribution is -0.127. The van der Waals surface area contributed by atoms with Gasteiger partial charge in [-0.05, 0) is 50.5 Å². The van der Waals surface area contributed by atoms with E-state index in [4.69, 9.17) is 14.2 Å². The van der Waals surface area contributed by atoms with Gasteiger partial charge in [0.1, 0.15) is 5.69 Å². The summed E-state index contributed by atoms with van der Waals surface area (Å²) in [5.41, 5.74) is 2.99. The molecular weight excluding hydrogens is 396 g/mol. The van der Waals surface area contributed by atoms with Crippen LogP contribution in [0, 0.1) is 0 Å². The molecule has 1 N–H and O–H groups in total. The van der Waals surface area contributed by atoms with Gasteiger partial charge in [-0.15, -0.1) is 0 Å². The number of carbonyl (C=O) groups excluding carboxylic acids is 2. The fraction of sp³-hybridized carbons (Fsp3) is 0.333. The summed E-state index contributed by atoms with van der Waals surface area (Å²) in [5.74, 6) is 0.300. The van der Waals surface area contributed by atoms with Crippen molar-refractivity contribution < 1.29 is 23.8 Å². The lowest BCUT2D eigenvalue weighted by Crippen LogP contribution is -2.47. The first-order chi connectivity index (χ1) is 14.9. The summed E-state index contributed by atoms with van der Waals surface area (Å²) in [7, 11) is 3.10. The molecule has 1 amide bonds. The molecular formula is C24H26N2O5. The number of hydrogen-bond donors (Lipinski definition) is 1. The number of anilines is 1. The van der Waals surface area contributed by atoms with Crippen molar-refractivity contribution in [2.45, 2.75) is 38.8 Å². The number of benzene rings is 2. The highest BCUT2D eigenvalue weighted by molar-refractivity contribution is 6.01. The van der Waals surface area contributed by atoms with Crippen LogP contribution in [0.15, 0.2) is 42.5 Å². The van der Waals surface area contributed by atoms with Crippen LogP contribution in [-0.2, 0) is 16.0 Å². The predicted octanol–water partition coefficient (Wildman–Crippen LogP) is 4.10. The Kier molecular flexibility index (Phi) is 5.59. The molecule has 1 aromatic heterocycles. The van der Waals surface area contributed by atoms with Crippen LogP contribution in [0.2, 0.25) is 0 Å². The molecule has 7 heteroatoms. The Morgan fingerprint density at radius 3 is 2.55 bits per heavy atom. The Hall–Kier alpha value is -3.48. The van der Waals surface area contributed by atoms with E-state index in [1.165, 1.54) is 0 Å². The Morgan fingerprint density at radius 1 is 1.10 bits per heavy atom. The van der Waals surface area contributed by atoms with Crippen LogP contribution in [0.25, 0.3) is 10.9 Å². The maximum atomic E-state index is 13.2. The van der Waals surface area contributed by atoms with E-state index in [1.54, 1.807) is 44.2 Å². The van der Waals surface area contributed by atoms with E-state index in [1.807, 2.05) is 31.2 Å². The monoisotopic (exact) mass is 422 g/mol. The molecule has 2 atom stereocenters. The number of ether oxygens (including phenoxy) is 3. The Bertz CT molecular complexity index is 1100. The summed E-state index contributed by atoms with van der Waals surface area (Å²) >= 11 is 0. The van der Waals surface area contributed by atoms with Gasteiger partial charge in [-0.2, -0.15) is 0 Å². The zero-order valence-electron chi connectivity index (χ0n) is 18.1. The van der Waals surface area contributed by atoms with Crippen molar-refractivity contribution in [2.24, 2.45) is 0 Å². The van der Waals surface area contributed by atoms with Crippen LogP contribution in [0.4, 0.5) is 5.69 Å². The van der Waals surface area contributed by atoms with Crippen molar-refractivity contribution in [3.63, 3.8) is 0 Å². The van der Waals surface area contributed by atoms with Crippen LogP contribution in [0.5, 0.6) is 11.5 Å². The summed E-state index contributed by atoms with van der Waals surface area (Å²) < 4.78 is 16.1. The molecule has 2 unspecified atom stereocenters. The number of H-pyrrole nitrogens is 1. The lowest BCUT2D eigenvalue weighted by atomic mass is 9.96. The molecule has 162 valence electrons. The van der Waals surface area contributed by atoms with Gasteiger partial charge in [-0.3, -0.25) is 4.79 Å². The molecule has 0 radical (unpaired) electrons. The minimum absolute atomic E-state index is 0.0385. The van der Waals surface area contributed by atoms with Crippen molar-refractivity contribution in [1.29, 1.82) is 0 Å². The molecule has 0 saturated heterocycles. The molecule has 1 aliphatic heterocycles. The Morgan fingerprint density at radius 2 is 1.81 bits per heavy atom. The number of aryl methyl sites for hydroxylation is 1. The molecule has 1 aliphatic rings. The quantitative estimate of drug-likeness (QED) is 0.626. The van der Waals surface area contributed by atoms with Gasteiger partial charge in [-0.25, -0.2) is 4.79 Å². The van der Waals surface area contributed by atoms with Crippen molar-refractivity contribution >= 4 is 28.5 Å². The highest BCUT2D eigenvalue weighted by Gasteiger charge is 2.32. The van der Waals surface area contributed by atoms with Gasteiger partial charge < -0.3 is 24.1 Å². The summed E-state index contributed by atoms with van der Waals surface area (Å²) in [5, 5.41) is 0.780. The average molecular weight is 422 g/mol. The number of nitrogens with zero attached hydrogens (tertiary/aromatic N) is 1. The first-order valence-corrected chi connectivity index (χ1v) is 10.3. The summed E-state index contributed by atoms with van der Waals surface area (Å²) in [4.78, 5) is 30.7. The molecule has 0 saturated carbocycles. The van der Waals surface area contributed by atoms with Gasteiger partial charge in [0.05, 0.1) is 19.7 Å². The smallest absolute Gasteiger partial charge is 0.355 e. The van der Waals surface area contributed by atoms with E-state index in [0.29, 0.717) is 17.0 Å².